The summed E-state index contributed by atoms with van der Waals surface area (Å²) in [6.45, 7) is 3.64. The fraction of sp³-hybridized carbons (Fsp3) is 0.500. The Hall–Kier alpha value is -0.860. The van der Waals surface area contributed by atoms with Gasteiger partial charge >= 0.3 is 0 Å². The molecule has 1 rings (SSSR count). The highest BCUT2D eigenvalue weighted by Crippen LogP contribution is 2.01. The van der Waals surface area contributed by atoms with Crippen molar-refractivity contribution in [3.8, 4) is 0 Å². The molecule has 0 saturated heterocycles. The second-order valence-electron chi connectivity index (χ2n) is 3.81. The van der Waals surface area contributed by atoms with E-state index in [9.17, 15) is 0 Å². The molecule has 0 aliphatic heterocycles. The molecular weight excluding hydrogens is 174 g/mol. The smallest absolute Gasteiger partial charge is 0.0717 e. The van der Waals surface area contributed by atoms with Gasteiger partial charge in [0.25, 0.3) is 0 Å². The van der Waals surface area contributed by atoms with Gasteiger partial charge in [-0.05, 0) is 26.6 Å². The maximum atomic E-state index is 5.60. The summed E-state index contributed by atoms with van der Waals surface area (Å²) in [6.07, 6.45) is 0. The molecule has 1 aromatic rings. The Bertz CT molecular complexity index is 246. The number of hydrogen-bond donors (Lipinski definition) is 0. The van der Waals surface area contributed by atoms with E-state index in [-0.39, 0.29) is 0 Å². The minimum Gasteiger partial charge on any atom is -0.375 e. The van der Waals surface area contributed by atoms with Crippen molar-refractivity contribution in [3.63, 3.8) is 0 Å². The molecule has 1 aromatic carbocycles. The molecule has 14 heavy (non-hydrogen) atoms. The molecule has 0 aromatic heterocycles. The Kier molecular flexibility index (Phi) is 4.63. The second-order valence-corrected chi connectivity index (χ2v) is 3.81. The summed E-state index contributed by atoms with van der Waals surface area (Å²) >= 11 is 0. The van der Waals surface area contributed by atoms with E-state index in [0.717, 1.165) is 6.61 Å². The Morgan fingerprint density at radius 2 is 1.86 bits per heavy atom. The van der Waals surface area contributed by atoms with E-state index in [2.05, 4.69) is 38.1 Å². The third-order valence-corrected chi connectivity index (χ3v) is 2.35. The molecule has 78 valence electrons. The van der Waals surface area contributed by atoms with Gasteiger partial charge in [0.1, 0.15) is 0 Å². The molecule has 0 saturated carbocycles. The van der Waals surface area contributed by atoms with Crippen molar-refractivity contribution in [2.75, 3.05) is 20.7 Å². The Morgan fingerprint density at radius 3 is 2.43 bits per heavy atom. The predicted molar refractivity (Wildman–Crippen MR) is 59.2 cm³/mol. The van der Waals surface area contributed by atoms with Crippen LogP contribution < -0.4 is 0 Å². The Morgan fingerprint density at radius 1 is 1.21 bits per heavy atom. The van der Waals surface area contributed by atoms with Crippen LogP contribution in [0.1, 0.15) is 12.5 Å². The zero-order chi connectivity index (χ0) is 10.4. The molecule has 0 heterocycles. The normalized spacial score (nSPS) is 13.1. The fourth-order valence-corrected chi connectivity index (χ4v) is 1.07. The summed E-state index contributed by atoms with van der Waals surface area (Å²) in [5.74, 6) is 0. The zero-order valence-corrected chi connectivity index (χ0v) is 9.23. The molecule has 0 aliphatic carbocycles. The van der Waals surface area contributed by atoms with E-state index in [0.29, 0.717) is 12.6 Å². The molecule has 0 radical (unpaired) electrons. The summed E-state index contributed by atoms with van der Waals surface area (Å²) in [5, 5.41) is 0. The van der Waals surface area contributed by atoms with Gasteiger partial charge in [0.2, 0.25) is 0 Å². The Balaban J connectivity index is 2.22. The molecule has 0 unspecified atom stereocenters. The number of rotatable bonds is 5. The molecule has 2 heteroatoms. The van der Waals surface area contributed by atoms with Crippen LogP contribution in [-0.2, 0) is 11.3 Å². The first-order valence-electron chi connectivity index (χ1n) is 4.98. The minimum atomic E-state index is 0.471. The molecule has 1 atom stereocenters. The molecule has 0 N–H and O–H groups in total. The number of likely N-dealkylation sites (N-methyl/N-ethyl adjacent to an activating group) is 1. The molecule has 0 amide bonds. The van der Waals surface area contributed by atoms with Gasteiger partial charge < -0.3 is 9.64 Å². The van der Waals surface area contributed by atoms with Crippen LogP contribution in [0, 0.1) is 0 Å². The number of benzene rings is 1. The van der Waals surface area contributed by atoms with E-state index < -0.39 is 0 Å². The van der Waals surface area contributed by atoms with Crippen molar-refractivity contribution in [2.45, 2.75) is 19.6 Å². The second kappa shape index (κ2) is 5.78. The summed E-state index contributed by atoms with van der Waals surface area (Å²) in [7, 11) is 4.13. The van der Waals surface area contributed by atoms with Gasteiger partial charge in [-0.2, -0.15) is 0 Å². The van der Waals surface area contributed by atoms with Crippen LogP contribution in [0.15, 0.2) is 30.3 Å². The van der Waals surface area contributed by atoms with Gasteiger partial charge in [-0.25, -0.2) is 0 Å². The van der Waals surface area contributed by atoms with Crippen molar-refractivity contribution in [1.82, 2.24) is 4.90 Å². The third kappa shape index (κ3) is 3.90. The lowest BCUT2D eigenvalue weighted by Crippen LogP contribution is -2.29. The molecule has 0 spiro atoms. The van der Waals surface area contributed by atoms with E-state index in [4.69, 9.17) is 4.74 Å². The van der Waals surface area contributed by atoms with E-state index in [1.807, 2.05) is 18.2 Å². The lowest BCUT2D eigenvalue weighted by molar-refractivity contribution is 0.0750. The number of hydrogen-bond acceptors (Lipinski definition) is 2. The lowest BCUT2D eigenvalue weighted by atomic mass is 10.2. The van der Waals surface area contributed by atoms with Crippen LogP contribution in [0.2, 0.25) is 0 Å². The highest BCUT2D eigenvalue weighted by Gasteiger charge is 2.03. The standard InChI is InChI=1S/C12H19NO/c1-11(13(2)3)9-14-10-12-7-5-4-6-8-12/h4-8,11H,9-10H2,1-3H3/t11-/m1/s1. The van der Waals surface area contributed by atoms with Crippen LogP contribution in [-0.4, -0.2) is 31.6 Å². The predicted octanol–water partition coefficient (Wildman–Crippen LogP) is 2.15. The highest BCUT2D eigenvalue weighted by atomic mass is 16.5. The molecule has 0 bridgehead atoms. The molecule has 2 nitrogen and oxygen atoms in total. The van der Waals surface area contributed by atoms with Crippen molar-refractivity contribution in [2.24, 2.45) is 0 Å². The topological polar surface area (TPSA) is 12.5 Å². The average Bonchev–Trinajstić information content (AvgIpc) is 2.19. The van der Waals surface area contributed by atoms with E-state index in [1.54, 1.807) is 0 Å². The van der Waals surface area contributed by atoms with Crippen LogP contribution in [0.25, 0.3) is 0 Å². The summed E-state index contributed by atoms with van der Waals surface area (Å²) in [4.78, 5) is 2.16. The van der Waals surface area contributed by atoms with Gasteiger partial charge in [0, 0.05) is 6.04 Å². The van der Waals surface area contributed by atoms with Crippen molar-refractivity contribution >= 4 is 0 Å². The summed E-state index contributed by atoms with van der Waals surface area (Å²) < 4.78 is 5.60. The van der Waals surface area contributed by atoms with Crippen molar-refractivity contribution < 1.29 is 4.74 Å². The number of ether oxygens (including phenoxy) is 1. The highest BCUT2D eigenvalue weighted by molar-refractivity contribution is 5.13. The summed E-state index contributed by atoms with van der Waals surface area (Å²) in [5.41, 5.74) is 1.23. The quantitative estimate of drug-likeness (QED) is 0.710. The monoisotopic (exact) mass is 193 g/mol. The van der Waals surface area contributed by atoms with Gasteiger partial charge in [-0.1, -0.05) is 30.3 Å². The lowest BCUT2D eigenvalue weighted by Gasteiger charge is -2.19. The van der Waals surface area contributed by atoms with Crippen molar-refractivity contribution in [3.05, 3.63) is 35.9 Å². The average molecular weight is 193 g/mol. The minimum absolute atomic E-state index is 0.471. The van der Waals surface area contributed by atoms with Gasteiger partial charge in [-0.3, -0.25) is 0 Å². The first-order valence-corrected chi connectivity index (χ1v) is 4.98. The van der Waals surface area contributed by atoms with E-state index >= 15 is 0 Å². The molecule has 0 aliphatic rings. The van der Waals surface area contributed by atoms with Gasteiger partial charge in [0.05, 0.1) is 13.2 Å². The van der Waals surface area contributed by atoms with Crippen LogP contribution in [0.5, 0.6) is 0 Å². The fourth-order valence-electron chi connectivity index (χ4n) is 1.07. The van der Waals surface area contributed by atoms with Gasteiger partial charge in [-0.15, -0.1) is 0 Å². The van der Waals surface area contributed by atoms with Gasteiger partial charge in [0.15, 0.2) is 0 Å². The Labute approximate surface area is 86.5 Å². The van der Waals surface area contributed by atoms with Crippen LogP contribution in [0.3, 0.4) is 0 Å². The maximum Gasteiger partial charge on any atom is 0.0717 e. The maximum absolute atomic E-state index is 5.60. The summed E-state index contributed by atoms with van der Waals surface area (Å²) in [6, 6.07) is 10.7. The van der Waals surface area contributed by atoms with Crippen LogP contribution in [0.4, 0.5) is 0 Å². The third-order valence-electron chi connectivity index (χ3n) is 2.35. The largest absolute Gasteiger partial charge is 0.375 e. The van der Waals surface area contributed by atoms with Crippen LogP contribution >= 0.6 is 0 Å². The first-order chi connectivity index (χ1) is 6.70. The van der Waals surface area contributed by atoms with E-state index in [1.165, 1.54) is 5.56 Å². The molecular formula is C12H19NO. The zero-order valence-electron chi connectivity index (χ0n) is 9.23. The first kappa shape index (κ1) is 11.2. The number of nitrogens with zero attached hydrogens (tertiary/aromatic N) is 1. The van der Waals surface area contributed by atoms with Crippen molar-refractivity contribution in [1.29, 1.82) is 0 Å². The molecule has 0 fully saturated rings. The SMILES string of the molecule is C[C@H](COCc1ccccc1)N(C)C.